The Bertz CT molecular complexity index is 582. The maximum absolute atomic E-state index is 11.8. The predicted molar refractivity (Wildman–Crippen MR) is 78.1 cm³/mol. The summed E-state index contributed by atoms with van der Waals surface area (Å²) in [6.07, 6.45) is 0.386. The van der Waals surface area contributed by atoms with Crippen molar-refractivity contribution in [2.45, 2.75) is 33.2 Å². The summed E-state index contributed by atoms with van der Waals surface area (Å²) in [6, 6.07) is 1.96. The Morgan fingerprint density at radius 2 is 2.14 bits per heavy atom. The molecule has 0 amide bonds. The third-order valence-electron chi connectivity index (χ3n) is 2.99. The van der Waals surface area contributed by atoms with E-state index in [1.807, 2.05) is 24.6 Å². The molecule has 0 aliphatic heterocycles. The summed E-state index contributed by atoms with van der Waals surface area (Å²) in [6.45, 7) is 4.70. The van der Waals surface area contributed by atoms with E-state index in [0.29, 0.717) is 13.0 Å². The lowest BCUT2D eigenvalue weighted by molar-refractivity contribution is -0.137. The normalized spacial score (nSPS) is 12.0. The number of aliphatic carboxylic acids is 1. The van der Waals surface area contributed by atoms with Crippen LogP contribution in [0.1, 0.15) is 24.2 Å². The number of rotatable bonds is 9. The lowest BCUT2D eigenvalue weighted by atomic mass is 10.4. The Morgan fingerprint density at radius 1 is 1.48 bits per heavy atom. The van der Waals surface area contributed by atoms with Crippen LogP contribution in [-0.4, -0.2) is 53.7 Å². The maximum atomic E-state index is 11.8. The zero-order valence-electron chi connectivity index (χ0n) is 12.5. The van der Waals surface area contributed by atoms with Crippen LogP contribution >= 0.6 is 0 Å². The summed E-state index contributed by atoms with van der Waals surface area (Å²) in [7, 11) is -2.27. The van der Waals surface area contributed by atoms with Gasteiger partial charge < -0.3 is 5.11 Å². The van der Waals surface area contributed by atoms with Gasteiger partial charge in [-0.05, 0) is 26.3 Å². The molecule has 0 saturated carbocycles. The molecule has 120 valence electrons. The topological polar surface area (TPSA) is 105 Å². The lowest BCUT2D eigenvalue weighted by Crippen LogP contribution is -2.39. The molecule has 2 N–H and O–H groups in total. The van der Waals surface area contributed by atoms with E-state index >= 15 is 0 Å². The number of hydrogen-bond acceptors (Lipinski definition) is 4. The second kappa shape index (κ2) is 7.53. The first-order valence-electron chi connectivity index (χ1n) is 6.66. The van der Waals surface area contributed by atoms with Gasteiger partial charge in [-0.25, -0.2) is 4.72 Å². The van der Waals surface area contributed by atoms with Gasteiger partial charge >= 0.3 is 5.97 Å². The molecule has 0 aromatic carbocycles. The molecule has 21 heavy (non-hydrogen) atoms. The molecule has 9 heteroatoms. The van der Waals surface area contributed by atoms with E-state index in [9.17, 15) is 13.2 Å². The highest BCUT2D eigenvalue weighted by Crippen LogP contribution is 2.02. The van der Waals surface area contributed by atoms with Crippen molar-refractivity contribution in [1.29, 1.82) is 0 Å². The monoisotopic (exact) mass is 318 g/mol. The van der Waals surface area contributed by atoms with Gasteiger partial charge in [0.25, 0.3) is 10.2 Å². The highest BCUT2D eigenvalue weighted by atomic mass is 32.2. The molecule has 0 bridgehead atoms. The first-order valence-corrected chi connectivity index (χ1v) is 8.10. The second-order valence-corrected chi connectivity index (χ2v) is 6.73. The zero-order valence-corrected chi connectivity index (χ0v) is 13.4. The fourth-order valence-electron chi connectivity index (χ4n) is 1.81. The van der Waals surface area contributed by atoms with Gasteiger partial charge in [-0.2, -0.15) is 17.8 Å². The van der Waals surface area contributed by atoms with Crippen molar-refractivity contribution >= 4 is 16.2 Å². The standard InChI is InChI=1S/C12H22N4O4S/c1-10-9-11(2)16(14-10)7-4-6-13-21(19,20)15(3)8-5-12(17)18/h9,13H,4-8H2,1-3H3,(H,17,18). The van der Waals surface area contributed by atoms with E-state index < -0.39 is 16.2 Å². The van der Waals surface area contributed by atoms with E-state index in [1.165, 1.54) is 7.05 Å². The molecule has 0 fully saturated rings. The van der Waals surface area contributed by atoms with Gasteiger partial charge in [0.05, 0.1) is 12.1 Å². The predicted octanol–water partition coefficient (Wildman–Crippen LogP) is 0.131. The van der Waals surface area contributed by atoms with E-state index in [2.05, 4.69) is 9.82 Å². The molecule has 0 aliphatic carbocycles. The van der Waals surface area contributed by atoms with E-state index in [1.54, 1.807) is 0 Å². The molecule has 1 aromatic heterocycles. The Balaban J connectivity index is 2.36. The number of aryl methyl sites for hydroxylation is 3. The number of carboxylic acid groups (broad SMARTS) is 1. The van der Waals surface area contributed by atoms with Gasteiger partial charge in [0.15, 0.2) is 0 Å². The van der Waals surface area contributed by atoms with Gasteiger partial charge in [0.1, 0.15) is 0 Å². The van der Waals surface area contributed by atoms with Gasteiger partial charge in [0, 0.05) is 32.4 Å². The number of hydrogen-bond donors (Lipinski definition) is 2. The van der Waals surface area contributed by atoms with E-state index in [0.717, 1.165) is 15.7 Å². The van der Waals surface area contributed by atoms with Gasteiger partial charge in [0.2, 0.25) is 0 Å². The molecule has 1 aromatic rings. The number of aromatic nitrogens is 2. The molecule has 0 spiro atoms. The molecule has 1 rings (SSSR count). The number of nitrogens with zero attached hydrogens (tertiary/aromatic N) is 3. The summed E-state index contributed by atoms with van der Waals surface area (Å²) in [5.41, 5.74) is 1.97. The molecular formula is C12H22N4O4S. The molecule has 0 aliphatic rings. The number of nitrogens with one attached hydrogen (secondary N) is 1. The number of carboxylic acids is 1. The first-order chi connectivity index (χ1) is 9.72. The van der Waals surface area contributed by atoms with Crippen LogP contribution in [0.2, 0.25) is 0 Å². The van der Waals surface area contributed by atoms with Crippen LogP contribution < -0.4 is 4.72 Å². The summed E-state index contributed by atoms with van der Waals surface area (Å²) in [5, 5.41) is 12.8. The van der Waals surface area contributed by atoms with Crippen molar-refractivity contribution < 1.29 is 18.3 Å². The van der Waals surface area contributed by atoms with Gasteiger partial charge in [-0.1, -0.05) is 0 Å². The van der Waals surface area contributed by atoms with Crippen molar-refractivity contribution in [2.24, 2.45) is 0 Å². The average Bonchev–Trinajstić information content (AvgIpc) is 2.70. The lowest BCUT2D eigenvalue weighted by Gasteiger charge is -2.16. The fraction of sp³-hybridized carbons (Fsp3) is 0.667. The van der Waals surface area contributed by atoms with Gasteiger partial charge in [-0.3, -0.25) is 9.48 Å². The smallest absolute Gasteiger partial charge is 0.304 e. The molecular weight excluding hydrogens is 296 g/mol. The first kappa shape index (κ1) is 17.6. The minimum absolute atomic E-state index is 0.0534. The van der Waals surface area contributed by atoms with Crippen LogP contribution in [0.5, 0.6) is 0 Å². The van der Waals surface area contributed by atoms with Crippen molar-refractivity contribution in [1.82, 2.24) is 18.8 Å². The van der Waals surface area contributed by atoms with Crippen molar-refractivity contribution in [3.05, 3.63) is 17.5 Å². The Labute approximate surface area is 124 Å². The zero-order chi connectivity index (χ0) is 16.0. The minimum Gasteiger partial charge on any atom is -0.481 e. The van der Waals surface area contributed by atoms with Crippen LogP contribution in [0.25, 0.3) is 0 Å². The molecule has 0 unspecified atom stereocenters. The van der Waals surface area contributed by atoms with Crippen LogP contribution in [-0.2, 0) is 21.5 Å². The highest BCUT2D eigenvalue weighted by molar-refractivity contribution is 7.87. The molecule has 0 saturated heterocycles. The van der Waals surface area contributed by atoms with Crippen LogP contribution in [0.15, 0.2) is 6.07 Å². The maximum Gasteiger partial charge on any atom is 0.304 e. The van der Waals surface area contributed by atoms with Crippen molar-refractivity contribution in [3.8, 4) is 0 Å². The van der Waals surface area contributed by atoms with Crippen LogP contribution in [0, 0.1) is 13.8 Å². The second-order valence-electron chi connectivity index (χ2n) is 4.87. The molecule has 8 nitrogen and oxygen atoms in total. The van der Waals surface area contributed by atoms with Crippen LogP contribution in [0.3, 0.4) is 0 Å². The van der Waals surface area contributed by atoms with Crippen molar-refractivity contribution in [3.63, 3.8) is 0 Å². The third kappa shape index (κ3) is 5.82. The molecule has 0 atom stereocenters. The summed E-state index contributed by atoms with van der Waals surface area (Å²) in [5.74, 6) is -1.03. The van der Waals surface area contributed by atoms with Gasteiger partial charge in [-0.15, -0.1) is 0 Å². The SMILES string of the molecule is Cc1cc(C)n(CCCNS(=O)(=O)N(C)CCC(=O)O)n1. The van der Waals surface area contributed by atoms with E-state index in [4.69, 9.17) is 5.11 Å². The highest BCUT2D eigenvalue weighted by Gasteiger charge is 2.17. The summed E-state index contributed by atoms with van der Waals surface area (Å²) < 4.78 is 28.9. The molecule has 0 radical (unpaired) electrons. The quantitative estimate of drug-likeness (QED) is 0.630. The van der Waals surface area contributed by atoms with Crippen LogP contribution in [0.4, 0.5) is 0 Å². The van der Waals surface area contributed by atoms with E-state index in [-0.39, 0.29) is 19.5 Å². The molecule has 1 heterocycles. The Morgan fingerprint density at radius 3 is 2.67 bits per heavy atom. The largest absolute Gasteiger partial charge is 0.481 e. The van der Waals surface area contributed by atoms with Crippen molar-refractivity contribution in [2.75, 3.05) is 20.1 Å². The average molecular weight is 318 g/mol. The third-order valence-corrected chi connectivity index (χ3v) is 4.56. The number of carbonyl (C=O) groups is 1. The Kier molecular flexibility index (Phi) is 6.31. The fourth-order valence-corrected chi connectivity index (χ4v) is 2.77. The Hall–Kier alpha value is -1.45. The summed E-state index contributed by atoms with van der Waals surface area (Å²) >= 11 is 0. The summed E-state index contributed by atoms with van der Waals surface area (Å²) in [4.78, 5) is 10.4. The minimum atomic E-state index is -3.62.